The van der Waals surface area contributed by atoms with Gasteiger partial charge in [-0.25, -0.2) is 14.6 Å². The van der Waals surface area contributed by atoms with Crippen LogP contribution in [0.3, 0.4) is 0 Å². The third-order valence-corrected chi connectivity index (χ3v) is 2.74. The van der Waals surface area contributed by atoms with E-state index in [1.807, 2.05) is 0 Å². The van der Waals surface area contributed by atoms with Crippen LogP contribution in [0.4, 0.5) is 9.93 Å². The van der Waals surface area contributed by atoms with Gasteiger partial charge in [0.2, 0.25) is 0 Å². The first kappa shape index (κ1) is 14.4. The Hall–Kier alpha value is -1.63. The fraction of sp³-hybridized carbons (Fsp3) is 0.545. The number of nitrogens with zero attached hydrogens (tertiary/aromatic N) is 2. The van der Waals surface area contributed by atoms with E-state index < -0.39 is 17.7 Å². The molecule has 0 aromatic carbocycles. The average Bonchev–Trinajstić information content (AvgIpc) is 2.65. The average molecular weight is 272 g/mol. The molecule has 1 amide bonds. The van der Waals surface area contributed by atoms with Crippen molar-refractivity contribution in [3.8, 4) is 0 Å². The number of carboxylic acid groups (broad SMARTS) is 1. The smallest absolute Gasteiger partial charge is 0.416 e. The summed E-state index contributed by atoms with van der Waals surface area (Å²) in [6, 6.07) is 0. The Morgan fingerprint density at radius 1 is 1.50 bits per heavy atom. The van der Waals surface area contributed by atoms with Crippen LogP contribution < -0.4 is 4.90 Å². The van der Waals surface area contributed by atoms with Crippen LogP contribution in [0.5, 0.6) is 0 Å². The maximum absolute atomic E-state index is 11.9. The zero-order chi connectivity index (χ0) is 13.9. The highest BCUT2D eigenvalue weighted by molar-refractivity contribution is 7.14. The van der Waals surface area contributed by atoms with Crippen LogP contribution >= 0.6 is 11.3 Å². The predicted molar refractivity (Wildman–Crippen MR) is 68.3 cm³/mol. The van der Waals surface area contributed by atoms with Gasteiger partial charge in [0.05, 0.1) is 0 Å². The molecule has 0 saturated carbocycles. The van der Waals surface area contributed by atoms with Gasteiger partial charge in [0.1, 0.15) is 5.60 Å². The van der Waals surface area contributed by atoms with Crippen molar-refractivity contribution in [1.29, 1.82) is 0 Å². The molecule has 100 valence electrons. The number of carbonyl (C=O) groups is 2. The minimum absolute atomic E-state index is 0.0722. The Labute approximate surface area is 109 Å². The van der Waals surface area contributed by atoms with Crippen molar-refractivity contribution in [2.75, 3.05) is 11.4 Å². The number of ether oxygens (including phenoxy) is 1. The SMILES string of the molecule is CCN(C(=O)OC(C)(C)C)c1nc(C(=O)O)cs1. The molecule has 0 spiro atoms. The molecule has 0 saturated heterocycles. The number of carbonyl (C=O) groups excluding carboxylic acids is 1. The van der Waals surface area contributed by atoms with Gasteiger partial charge in [-0.2, -0.15) is 0 Å². The minimum atomic E-state index is -1.11. The van der Waals surface area contributed by atoms with Crippen molar-refractivity contribution in [3.05, 3.63) is 11.1 Å². The molecule has 0 aliphatic heterocycles. The molecule has 1 rings (SSSR count). The van der Waals surface area contributed by atoms with E-state index in [0.29, 0.717) is 11.7 Å². The second kappa shape index (κ2) is 5.34. The molecular formula is C11H16N2O4S. The summed E-state index contributed by atoms with van der Waals surface area (Å²) in [5.41, 5.74) is -0.672. The molecular weight excluding hydrogens is 256 g/mol. The highest BCUT2D eigenvalue weighted by Crippen LogP contribution is 2.22. The van der Waals surface area contributed by atoms with Crippen molar-refractivity contribution in [3.63, 3.8) is 0 Å². The molecule has 0 fully saturated rings. The van der Waals surface area contributed by atoms with Crippen LogP contribution in [-0.2, 0) is 4.74 Å². The van der Waals surface area contributed by atoms with Gasteiger partial charge in [-0.15, -0.1) is 11.3 Å². The molecule has 1 N–H and O–H groups in total. The molecule has 18 heavy (non-hydrogen) atoms. The molecule has 0 radical (unpaired) electrons. The van der Waals surface area contributed by atoms with Crippen LogP contribution in [0.15, 0.2) is 5.38 Å². The van der Waals surface area contributed by atoms with E-state index in [2.05, 4.69) is 4.98 Å². The number of rotatable bonds is 3. The number of aromatic nitrogens is 1. The topological polar surface area (TPSA) is 79.7 Å². The molecule has 7 heteroatoms. The first-order valence-electron chi connectivity index (χ1n) is 5.44. The summed E-state index contributed by atoms with van der Waals surface area (Å²) in [6.45, 7) is 7.43. The first-order valence-corrected chi connectivity index (χ1v) is 6.32. The number of thiazole rings is 1. The van der Waals surface area contributed by atoms with Crippen LogP contribution in [-0.4, -0.2) is 34.3 Å². The van der Waals surface area contributed by atoms with Gasteiger partial charge in [-0.05, 0) is 27.7 Å². The maximum Gasteiger partial charge on any atom is 0.416 e. The van der Waals surface area contributed by atoms with E-state index >= 15 is 0 Å². The highest BCUT2D eigenvalue weighted by atomic mass is 32.1. The minimum Gasteiger partial charge on any atom is -0.476 e. The summed E-state index contributed by atoms with van der Waals surface area (Å²) >= 11 is 1.10. The highest BCUT2D eigenvalue weighted by Gasteiger charge is 2.24. The molecule has 0 bridgehead atoms. The second-order valence-electron chi connectivity index (χ2n) is 4.55. The second-order valence-corrected chi connectivity index (χ2v) is 5.38. The number of anilines is 1. The standard InChI is InChI=1S/C11H16N2O4S/c1-5-13(10(16)17-11(2,3)4)9-12-7(6-18-9)8(14)15/h6H,5H2,1-4H3,(H,14,15). The largest absolute Gasteiger partial charge is 0.476 e. The molecule has 1 aromatic rings. The van der Waals surface area contributed by atoms with Crippen molar-refractivity contribution in [2.45, 2.75) is 33.3 Å². The normalized spacial score (nSPS) is 11.1. The number of carboxylic acids is 1. The van der Waals surface area contributed by atoms with Gasteiger partial charge < -0.3 is 9.84 Å². The Morgan fingerprint density at radius 3 is 2.50 bits per heavy atom. The van der Waals surface area contributed by atoms with Crippen LogP contribution in [0.25, 0.3) is 0 Å². The first-order chi connectivity index (χ1) is 8.24. The van der Waals surface area contributed by atoms with Crippen molar-refractivity contribution in [1.82, 2.24) is 4.98 Å². The third kappa shape index (κ3) is 3.69. The van der Waals surface area contributed by atoms with Gasteiger partial charge in [-0.3, -0.25) is 4.90 Å². The Balaban J connectivity index is 2.88. The van der Waals surface area contributed by atoms with E-state index in [9.17, 15) is 9.59 Å². The lowest BCUT2D eigenvalue weighted by molar-refractivity contribution is 0.0580. The fourth-order valence-corrected chi connectivity index (χ4v) is 2.00. The molecule has 0 atom stereocenters. The summed E-state index contributed by atoms with van der Waals surface area (Å²) in [7, 11) is 0. The molecule has 0 aliphatic carbocycles. The summed E-state index contributed by atoms with van der Waals surface area (Å²) in [5, 5.41) is 10.5. The van der Waals surface area contributed by atoms with Gasteiger partial charge >= 0.3 is 12.1 Å². The molecule has 1 heterocycles. The van der Waals surface area contributed by atoms with E-state index in [1.165, 1.54) is 10.3 Å². The Bertz CT molecular complexity index is 450. The lowest BCUT2D eigenvalue weighted by Gasteiger charge is -2.24. The van der Waals surface area contributed by atoms with E-state index in [1.54, 1.807) is 27.7 Å². The van der Waals surface area contributed by atoms with E-state index in [-0.39, 0.29) is 5.69 Å². The van der Waals surface area contributed by atoms with Gasteiger partial charge in [0.15, 0.2) is 10.8 Å². The predicted octanol–water partition coefficient (Wildman–Crippen LogP) is 2.60. The monoisotopic (exact) mass is 272 g/mol. The van der Waals surface area contributed by atoms with Gasteiger partial charge in [-0.1, -0.05) is 0 Å². The lowest BCUT2D eigenvalue weighted by Crippen LogP contribution is -2.36. The van der Waals surface area contributed by atoms with Crippen molar-refractivity contribution >= 4 is 28.5 Å². The fourth-order valence-electron chi connectivity index (χ4n) is 1.15. The lowest BCUT2D eigenvalue weighted by atomic mass is 10.2. The van der Waals surface area contributed by atoms with Gasteiger partial charge in [0, 0.05) is 11.9 Å². The Morgan fingerprint density at radius 2 is 2.11 bits per heavy atom. The maximum atomic E-state index is 11.9. The van der Waals surface area contributed by atoms with E-state index in [0.717, 1.165) is 11.3 Å². The number of hydrogen-bond donors (Lipinski definition) is 1. The number of amides is 1. The van der Waals surface area contributed by atoms with Crippen LogP contribution in [0.2, 0.25) is 0 Å². The molecule has 0 aliphatic rings. The molecule has 6 nitrogen and oxygen atoms in total. The van der Waals surface area contributed by atoms with E-state index in [4.69, 9.17) is 9.84 Å². The third-order valence-electron chi connectivity index (χ3n) is 1.87. The van der Waals surface area contributed by atoms with Crippen molar-refractivity contribution < 1.29 is 19.4 Å². The number of hydrogen-bond acceptors (Lipinski definition) is 5. The number of aromatic carboxylic acids is 1. The zero-order valence-electron chi connectivity index (χ0n) is 10.8. The molecule has 1 aromatic heterocycles. The van der Waals surface area contributed by atoms with Crippen LogP contribution in [0.1, 0.15) is 38.2 Å². The summed E-state index contributed by atoms with van der Waals surface area (Å²) in [6.07, 6.45) is -0.531. The Kier molecular flexibility index (Phi) is 4.28. The molecule has 0 unspecified atom stereocenters. The summed E-state index contributed by atoms with van der Waals surface area (Å²) in [4.78, 5) is 27.8. The van der Waals surface area contributed by atoms with Gasteiger partial charge in [0.25, 0.3) is 0 Å². The quantitative estimate of drug-likeness (QED) is 0.914. The summed E-state index contributed by atoms with van der Waals surface area (Å²) in [5.74, 6) is -1.11. The van der Waals surface area contributed by atoms with Crippen LogP contribution in [0, 0.1) is 0 Å². The zero-order valence-corrected chi connectivity index (χ0v) is 11.6. The van der Waals surface area contributed by atoms with Crippen molar-refractivity contribution in [2.24, 2.45) is 0 Å². The summed E-state index contributed by atoms with van der Waals surface area (Å²) < 4.78 is 5.22.